The van der Waals surface area contributed by atoms with Gasteiger partial charge in [0, 0.05) is 16.2 Å². The summed E-state index contributed by atoms with van der Waals surface area (Å²) >= 11 is 9.93. The molecule has 0 amide bonds. The summed E-state index contributed by atoms with van der Waals surface area (Å²) in [6.07, 6.45) is 5.44. The zero-order valence-electron chi connectivity index (χ0n) is 20.9. The summed E-state index contributed by atoms with van der Waals surface area (Å²) in [6.45, 7) is 11.4. The molecular formula is C25H32BrClN6OSi. The van der Waals surface area contributed by atoms with Crippen LogP contribution in [0.5, 0.6) is 0 Å². The Bertz CT molecular complexity index is 1150. The van der Waals surface area contributed by atoms with Crippen molar-refractivity contribution < 1.29 is 4.43 Å². The Balaban J connectivity index is 1.83. The molecule has 0 spiro atoms. The van der Waals surface area contributed by atoms with Crippen LogP contribution in [0.4, 0.5) is 17.5 Å². The predicted octanol–water partition coefficient (Wildman–Crippen LogP) is 7.52. The lowest BCUT2D eigenvalue weighted by atomic mass is 9.85. The van der Waals surface area contributed by atoms with E-state index in [-0.39, 0.29) is 17.0 Å². The summed E-state index contributed by atoms with van der Waals surface area (Å²) in [5, 5.41) is 26.2. The highest BCUT2D eigenvalue weighted by Gasteiger charge is 2.37. The van der Waals surface area contributed by atoms with E-state index in [1.54, 1.807) is 6.07 Å². The van der Waals surface area contributed by atoms with E-state index < -0.39 is 8.32 Å². The van der Waals surface area contributed by atoms with Crippen molar-refractivity contribution in [1.82, 2.24) is 9.97 Å². The number of rotatable bonds is 7. The molecule has 10 heteroatoms. The Morgan fingerprint density at radius 3 is 2.60 bits per heavy atom. The van der Waals surface area contributed by atoms with Crippen molar-refractivity contribution in [3.8, 4) is 12.1 Å². The van der Waals surface area contributed by atoms with Crippen LogP contribution < -0.4 is 10.6 Å². The molecule has 7 nitrogen and oxygen atoms in total. The SMILES string of the molecule is CC(C)(C)[Si](C)(C)OCc1cc(Nc2ncc(Cl)c(NC3CCCC[C@@H]3C#N)n2)cc(C#N)c1Br. The first-order chi connectivity index (χ1) is 16.4. The van der Waals surface area contributed by atoms with Crippen LogP contribution in [0, 0.1) is 28.6 Å². The topological polar surface area (TPSA) is 107 Å². The van der Waals surface area contributed by atoms with Gasteiger partial charge in [0.25, 0.3) is 0 Å². The highest BCUT2D eigenvalue weighted by atomic mass is 79.9. The van der Waals surface area contributed by atoms with Crippen molar-refractivity contribution in [3.63, 3.8) is 0 Å². The van der Waals surface area contributed by atoms with Crippen molar-refractivity contribution in [2.24, 2.45) is 5.92 Å². The van der Waals surface area contributed by atoms with E-state index in [9.17, 15) is 10.5 Å². The molecule has 2 atom stereocenters. The van der Waals surface area contributed by atoms with Crippen molar-refractivity contribution >= 4 is 53.3 Å². The van der Waals surface area contributed by atoms with Gasteiger partial charge in [-0.15, -0.1) is 0 Å². The molecule has 0 bridgehead atoms. The summed E-state index contributed by atoms with van der Waals surface area (Å²) in [5.41, 5.74) is 2.05. The average molecular weight is 576 g/mol. The van der Waals surface area contributed by atoms with E-state index in [4.69, 9.17) is 16.0 Å². The van der Waals surface area contributed by atoms with Crippen molar-refractivity contribution in [3.05, 3.63) is 39.0 Å². The van der Waals surface area contributed by atoms with Gasteiger partial charge in [0.2, 0.25) is 5.95 Å². The maximum absolute atomic E-state index is 9.68. The Hall–Kier alpha value is -2.17. The lowest BCUT2D eigenvalue weighted by Gasteiger charge is -2.36. The molecule has 1 aliphatic rings. The molecule has 1 unspecified atom stereocenters. The number of nitriles is 2. The molecule has 2 N–H and O–H groups in total. The van der Waals surface area contributed by atoms with Gasteiger partial charge in [0.1, 0.15) is 11.1 Å². The third-order valence-electron chi connectivity index (χ3n) is 6.92. The van der Waals surface area contributed by atoms with Crippen LogP contribution in [0.15, 0.2) is 22.8 Å². The molecule has 0 radical (unpaired) electrons. The van der Waals surface area contributed by atoms with E-state index >= 15 is 0 Å². The van der Waals surface area contributed by atoms with Crippen LogP contribution in [0.2, 0.25) is 23.2 Å². The van der Waals surface area contributed by atoms with E-state index in [2.05, 4.69) is 82.5 Å². The van der Waals surface area contributed by atoms with Gasteiger partial charge >= 0.3 is 0 Å². The van der Waals surface area contributed by atoms with Gasteiger partial charge in [0.15, 0.2) is 14.1 Å². The fourth-order valence-corrected chi connectivity index (χ4v) is 5.24. The van der Waals surface area contributed by atoms with Gasteiger partial charge in [0.05, 0.1) is 30.4 Å². The third-order valence-corrected chi connectivity index (χ3v) is 12.6. The van der Waals surface area contributed by atoms with E-state index in [1.165, 1.54) is 6.20 Å². The Morgan fingerprint density at radius 1 is 1.23 bits per heavy atom. The molecule has 1 aromatic carbocycles. The van der Waals surface area contributed by atoms with Crippen LogP contribution in [0.1, 0.15) is 57.6 Å². The lowest BCUT2D eigenvalue weighted by molar-refractivity contribution is 0.275. The molecule has 1 fully saturated rings. The highest BCUT2D eigenvalue weighted by Crippen LogP contribution is 2.38. The Labute approximate surface area is 222 Å². The second-order valence-electron chi connectivity index (χ2n) is 10.4. The van der Waals surface area contributed by atoms with Crippen molar-refractivity contribution in [1.29, 1.82) is 10.5 Å². The minimum absolute atomic E-state index is 0.00552. The average Bonchev–Trinajstić information content (AvgIpc) is 2.81. The summed E-state index contributed by atoms with van der Waals surface area (Å²) in [5.74, 6) is 0.776. The molecule has 35 heavy (non-hydrogen) atoms. The molecule has 0 saturated heterocycles. The van der Waals surface area contributed by atoms with Crippen LogP contribution >= 0.6 is 27.5 Å². The number of aromatic nitrogens is 2. The first kappa shape index (κ1) is 27.4. The van der Waals surface area contributed by atoms with Gasteiger partial charge in [-0.3, -0.25) is 0 Å². The van der Waals surface area contributed by atoms with E-state index in [1.807, 2.05) is 6.07 Å². The smallest absolute Gasteiger partial charge is 0.229 e. The summed E-state index contributed by atoms with van der Waals surface area (Å²) in [7, 11) is -1.97. The minimum atomic E-state index is -1.97. The zero-order valence-corrected chi connectivity index (χ0v) is 24.2. The first-order valence-corrected chi connectivity index (χ1v) is 15.9. The van der Waals surface area contributed by atoms with Gasteiger partial charge in [-0.05, 0) is 64.6 Å². The molecule has 1 saturated carbocycles. The number of nitrogens with zero attached hydrogens (tertiary/aromatic N) is 4. The molecular weight excluding hydrogens is 544 g/mol. The summed E-state index contributed by atoms with van der Waals surface area (Å²) < 4.78 is 7.12. The molecule has 2 aromatic rings. The quantitative estimate of drug-likeness (QED) is 0.329. The molecule has 1 heterocycles. The monoisotopic (exact) mass is 574 g/mol. The first-order valence-electron chi connectivity index (χ1n) is 11.8. The molecule has 3 rings (SSSR count). The van der Waals surface area contributed by atoms with Gasteiger partial charge in [-0.25, -0.2) is 4.98 Å². The number of anilines is 3. The fourth-order valence-electron chi connectivity index (χ4n) is 3.71. The number of benzene rings is 1. The number of hydrogen-bond donors (Lipinski definition) is 2. The minimum Gasteiger partial charge on any atom is -0.413 e. The van der Waals surface area contributed by atoms with Crippen LogP contribution in [0.25, 0.3) is 0 Å². The molecule has 186 valence electrons. The van der Waals surface area contributed by atoms with Gasteiger partial charge in [-0.1, -0.05) is 45.2 Å². The number of nitrogens with one attached hydrogen (secondary N) is 2. The maximum atomic E-state index is 9.68. The standard InChI is InChI=1S/C25H32BrClN6OSi/c1-25(2,3)35(4,5)34-15-18-11-19(10-17(13-29)22(18)26)31-24-30-14-20(27)23(33-24)32-21-9-7-6-8-16(21)12-28/h10-11,14,16,21H,6-9,15H2,1-5H3,(H2,30,31,32,33)/t16-,21?/m1/s1. The van der Waals surface area contributed by atoms with Crippen molar-refractivity contribution in [2.75, 3.05) is 10.6 Å². The Morgan fingerprint density at radius 2 is 1.94 bits per heavy atom. The largest absolute Gasteiger partial charge is 0.413 e. The van der Waals surface area contributed by atoms with Gasteiger partial charge in [-0.2, -0.15) is 15.5 Å². The van der Waals surface area contributed by atoms with Crippen LogP contribution in [-0.2, 0) is 11.0 Å². The normalized spacial score (nSPS) is 18.4. The maximum Gasteiger partial charge on any atom is 0.229 e. The summed E-state index contributed by atoms with van der Waals surface area (Å²) in [4.78, 5) is 8.88. The van der Waals surface area contributed by atoms with Crippen LogP contribution in [-0.4, -0.2) is 24.3 Å². The molecule has 1 aliphatic carbocycles. The second-order valence-corrected chi connectivity index (χ2v) is 16.5. The van der Waals surface area contributed by atoms with Crippen molar-refractivity contribution in [2.45, 2.75) is 77.2 Å². The van der Waals surface area contributed by atoms with E-state index in [0.717, 1.165) is 35.7 Å². The molecule has 1 aromatic heterocycles. The molecule has 0 aliphatic heterocycles. The highest BCUT2D eigenvalue weighted by molar-refractivity contribution is 9.10. The van der Waals surface area contributed by atoms with Crippen LogP contribution in [0.3, 0.4) is 0 Å². The summed E-state index contributed by atoms with van der Waals surface area (Å²) in [6, 6.07) is 8.33. The van der Waals surface area contributed by atoms with E-state index in [0.29, 0.717) is 34.6 Å². The zero-order chi connectivity index (χ0) is 25.8. The number of hydrogen-bond acceptors (Lipinski definition) is 7. The Kier molecular flexibility index (Phi) is 8.82. The third kappa shape index (κ3) is 6.74. The van der Waals surface area contributed by atoms with Gasteiger partial charge < -0.3 is 15.1 Å². The predicted molar refractivity (Wildman–Crippen MR) is 146 cm³/mol. The second kappa shape index (κ2) is 11.3. The lowest BCUT2D eigenvalue weighted by Crippen LogP contribution is -2.40. The fraction of sp³-hybridized carbons (Fsp3) is 0.520. The number of halogens is 2.